The summed E-state index contributed by atoms with van der Waals surface area (Å²) in [4.78, 5) is 6.27. The first-order valence-electron chi connectivity index (χ1n) is 6.58. The molecule has 0 aliphatic heterocycles. The summed E-state index contributed by atoms with van der Waals surface area (Å²) in [5.41, 5.74) is 7.19. The van der Waals surface area contributed by atoms with Crippen LogP contribution < -0.4 is 10.6 Å². The summed E-state index contributed by atoms with van der Waals surface area (Å²) in [6, 6.07) is 13.5. The van der Waals surface area contributed by atoms with Gasteiger partial charge in [0.1, 0.15) is 5.82 Å². The number of nitrogens with zero attached hydrogens (tertiary/aromatic N) is 3. The molecule has 0 atom stereocenters. The average molecular weight is 286 g/mol. The van der Waals surface area contributed by atoms with Crippen LogP contribution >= 0.6 is 0 Å². The number of nitrogens with two attached hydrogens (primary N) is 1. The van der Waals surface area contributed by atoms with Gasteiger partial charge >= 0.3 is 0 Å². The van der Waals surface area contributed by atoms with Gasteiger partial charge in [-0.1, -0.05) is 35.5 Å². The van der Waals surface area contributed by atoms with E-state index in [1.807, 2.05) is 35.2 Å². The third kappa shape index (κ3) is 3.93. The largest absolute Gasteiger partial charge is 0.409 e. The molecule has 0 fully saturated rings. The van der Waals surface area contributed by atoms with Gasteiger partial charge in [-0.25, -0.2) is 4.98 Å². The molecule has 0 amide bonds. The summed E-state index contributed by atoms with van der Waals surface area (Å²) < 4.78 is 0. The minimum absolute atomic E-state index is 0.0193. The van der Waals surface area contributed by atoms with Crippen LogP contribution in [0.5, 0.6) is 0 Å². The average Bonchev–Trinajstić information content (AvgIpc) is 2.55. The first-order valence-corrected chi connectivity index (χ1v) is 6.58. The van der Waals surface area contributed by atoms with Crippen LogP contribution in [0, 0.1) is 0 Å². The van der Waals surface area contributed by atoms with Gasteiger partial charge in [-0.2, -0.15) is 0 Å². The van der Waals surface area contributed by atoms with Gasteiger partial charge in [0.05, 0.1) is 6.61 Å². The van der Waals surface area contributed by atoms with Crippen molar-refractivity contribution in [3.63, 3.8) is 0 Å². The highest BCUT2D eigenvalue weighted by Crippen LogP contribution is 2.14. The normalized spacial score (nSPS) is 11.4. The van der Waals surface area contributed by atoms with E-state index in [1.165, 1.54) is 0 Å². The summed E-state index contributed by atoms with van der Waals surface area (Å²) in [5.74, 6) is 0.744. The molecule has 6 nitrogen and oxygen atoms in total. The van der Waals surface area contributed by atoms with Crippen molar-refractivity contribution in [1.29, 1.82) is 0 Å². The van der Waals surface area contributed by atoms with E-state index in [0.717, 1.165) is 11.4 Å². The maximum atomic E-state index is 9.22. The number of benzene rings is 1. The Labute approximate surface area is 123 Å². The highest BCUT2D eigenvalue weighted by molar-refractivity contribution is 5.96. The van der Waals surface area contributed by atoms with Crippen molar-refractivity contribution in [2.45, 2.75) is 6.54 Å². The predicted octanol–water partition coefficient (Wildman–Crippen LogP) is 1.18. The van der Waals surface area contributed by atoms with Crippen molar-refractivity contribution in [2.75, 3.05) is 18.1 Å². The standard InChI is InChI=1S/C15H18N4O2/c16-15(18-21)13-6-7-14(17-10-13)19(8-9-20)11-12-4-2-1-3-5-12/h1-7,10,20-21H,8-9,11H2,(H2,16,18). The summed E-state index contributed by atoms with van der Waals surface area (Å²) in [6.45, 7) is 1.17. The molecule has 0 spiro atoms. The van der Waals surface area contributed by atoms with Crippen LogP contribution in [0.4, 0.5) is 5.82 Å². The van der Waals surface area contributed by atoms with E-state index in [9.17, 15) is 5.11 Å². The fraction of sp³-hybridized carbons (Fsp3) is 0.200. The van der Waals surface area contributed by atoms with E-state index >= 15 is 0 Å². The van der Waals surface area contributed by atoms with Crippen LogP contribution in [0.3, 0.4) is 0 Å². The fourth-order valence-corrected chi connectivity index (χ4v) is 1.98. The highest BCUT2D eigenvalue weighted by Gasteiger charge is 2.09. The molecule has 1 heterocycles. The summed E-state index contributed by atoms with van der Waals surface area (Å²) >= 11 is 0. The molecule has 0 aliphatic carbocycles. The van der Waals surface area contributed by atoms with Crippen LogP contribution in [0.25, 0.3) is 0 Å². The van der Waals surface area contributed by atoms with Crippen molar-refractivity contribution in [3.8, 4) is 0 Å². The topological polar surface area (TPSA) is 95.0 Å². The Morgan fingerprint density at radius 2 is 1.95 bits per heavy atom. The lowest BCUT2D eigenvalue weighted by molar-refractivity contribution is 0.301. The quantitative estimate of drug-likeness (QED) is 0.321. The van der Waals surface area contributed by atoms with Crippen LogP contribution in [0.1, 0.15) is 11.1 Å². The predicted molar refractivity (Wildman–Crippen MR) is 81.3 cm³/mol. The lowest BCUT2D eigenvalue weighted by atomic mass is 10.2. The molecular formula is C15H18N4O2. The van der Waals surface area contributed by atoms with E-state index in [2.05, 4.69) is 10.1 Å². The Balaban J connectivity index is 2.18. The van der Waals surface area contributed by atoms with Crippen molar-refractivity contribution < 1.29 is 10.3 Å². The summed E-state index contributed by atoms with van der Waals surface area (Å²) in [6.07, 6.45) is 1.54. The number of aliphatic hydroxyl groups is 1. The maximum absolute atomic E-state index is 9.22. The molecular weight excluding hydrogens is 268 g/mol. The molecule has 0 saturated carbocycles. The van der Waals surface area contributed by atoms with Crippen LogP contribution in [-0.4, -0.2) is 34.3 Å². The van der Waals surface area contributed by atoms with Gasteiger partial charge < -0.3 is 20.9 Å². The number of oxime groups is 1. The SMILES string of the molecule is NC(=NO)c1ccc(N(CCO)Cc2ccccc2)nc1. The lowest BCUT2D eigenvalue weighted by Gasteiger charge is -2.23. The molecule has 1 aromatic carbocycles. The number of pyridine rings is 1. The molecule has 1 aromatic heterocycles. The Morgan fingerprint density at radius 3 is 2.52 bits per heavy atom. The zero-order valence-electron chi connectivity index (χ0n) is 11.6. The monoisotopic (exact) mass is 286 g/mol. The van der Waals surface area contributed by atoms with Crippen LogP contribution in [0.15, 0.2) is 53.8 Å². The molecule has 6 heteroatoms. The number of hydrogen-bond donors (Lipinski definition) is 3. The smallest absolute Gasteiger partial charge is 0.171 e. The number of aliphatic hydroxyl groups excluding tert-OH is 1. The van der Waals surface area contributed by atoms with Gasteiger partial charge in [0.2, 0.25) is 0 Å². The molecule has 110 valence electrons. The Bertz CT molecular complexity index is 584. The Morgan fingerprint density at radius 1 is 1.19 bits per heavy atom. The van der Waals surface area contributed by atoms with Crippen molar-refractivity contribution >= 4 is 11.7 Å². The highest BCUT2D eigenvalue weighted by atomic mass is 16.4. The summed E-state index contributed by atoms with van der Waals surface area (Å²) in [7, 11) is 0. The van der Waals surface area contributed by atoms with Crippen molar-refractivity contribution in [2.24, 2.45) is 10.9 Å². The van der Waals surface area contributed by atoms with Crippen molar-refractivity contribution in [1.82, 2.24) is 4.98 Å². The second-order valence-electron chi connectivity index (χ2n) is 4.52. The molecule has 0 bridgehead atoms. The van der Waals surface area contributed by atoms with E-state index in [4.69, 9.17) is 10.9 Å². The van der Waals surface area contributed by atoms with E-state index in [-0.39, 0.29) is 12.4 Å². The Kier molecular flexibility index (Phi) is 5.11. The first kappa shape index (κ1) is 14.8. The van der Waals surface area contributed by atoms with Gasteiger partial charge in [-0.05, 0) is 17.7 Å². The van der Waals surface area contributed by atoms with Crippen LogP contribution in [0.2, 0.25) is 0 Å². The van der Waals surface area contributed by atoms with E-state index in [0.29, 0.717) is 18.7 Å². The second-order valence-corrected chi connectivity index (χ2v) is 4.52. The summed E-state index contributed by atoms with van der Waals surface area (Å²) in [5, 5.41) is 20.8. The maximum Gasteiger partial charge on any atom is 0.171 e. The minimum atomic E-state index is 0.0193. The zero-order valence-corrected chi connectivity index (χ0v) is 11.6. The molecule has 0 saturated heterocycles. The molecule has 21 heavy (non-hydrogen) atoms. The molecule has 0 aliphatic rings. The molecule has 0 unspecified atom stereocenters. The van der Waals surface area contributed by atoms with Gasteiger partial charge in [-0.15, -0.1) is 0 Å². The van der Waals surface area contributed by atoms with Crippen LogP contribution in [-0.2, 0) is 6.54 Å². The van der Waals surface area contributed by atoms with Crippen molar-refractivity contribution in [3.05, 3.63) is 59.8 Å². The third-order valence-electron chi connectivity index (χ3n) is 3.06. The zero-order chi connectivity index (χ0) is 15.1. The molecule has 2 rings (SSSR count). The van der Waals surface area contributed by atoms with Gasteiger partial charge in [0.15, 0.2) is 5.84 Å². The number of aromatic nitrogens is 1. The van der Waals surface area contributed by atoms with E-state index < -0.39 is 0 Å². The number of anilines is 1. The first-order chi connectivity index (χ1) is 10.2. The van der Waals surface area contributed by atoms with Gasteiger partial charge in [0, 0.05) is 24.8 Å². The Hall–Kier alpha value is -2.60. The molecule has 2 aromatic rings. The number of amidine groups is 1. The lowest BCUT2D eigenvalue weighted by Crippen LogP contribution is -2.27. The second kappa shape index (κ2) is 7.25. The van der Waals surface area contributed by atoms with Gasteiger partial charge in [0.25, 0.3) is 0 Å². The van der Waals surface area contributed by atoms with E-state index in [1.54, 1.807) is 18.3 Å². The molecule has 4 N–H and O–H groups in total. The minimum Gasteiger partial charge on any atom is -0.409 e. The fourth-order valence-electron chi connectivity index (χ4n) is 1.98. The molecule has 0 radical (unpaired) electrons. The number of rotatable bonds is 6. The van der Waals surface area contributed by atoms with Gasteiger partial charge in [-0.3, -0.25) is 0 Å². The third-order valence-corrected chi connectivity index (χ3v) is 3.06. The number of hydrogen-bond acceptors (Lipinski definition) is 5.